The highest BCUT2D eigenvalue weighted by Gasteiger charge is 2.18. The lowest BCUT2D eigenvalue weighted by Crippen LogP contribution is -2.37. The molecule has 0 saturated carbocycles. The standard InChI is InChI=1S/C32H39N3O5S/c1-25-10-13-29(14-11-25)41(38,39)19-17-34-31(36)21-27-12-15-30-28(20-27)23-35(22-26-8-4-2-5-9-26)24-32(37)33-16-6-3-7-18-40-30/h2,4-5,8-15,20H,3,6-7,16-19,21-24H2,1H3,(H,33,37)(H,34,36). The Hall–Kier alpha value is -3.69. The molecule has 218 valence electrons. The lowest BCUT2D eigenvalue weighted by Gasteiger charge is -2.23. The van der Waals surface area contributed by atoms with Gasteiger partial charge in [-0.2, -0.15) is 0 Å². The van der Waals surface area contributed by atoms with E-state index in [2.05, 4.69) is 15.5 Å². The molecule has 1 aliphatic rings. The minimum Gasteiger partial charge on any atom is -0.493 e. The second-order valence-electron chi connectivity index (χ2n) is 10.5. The Bertz CT molecular complexity index is 1410. The van der Waals surface area contributed by atoms with Crippen molar-refractivity contribution in [3.05, 3.63) is 95.1 Å². The zero-order valence-corrected chi connectivity index (χ0v) is 24.4. The number of carbonyl (C=O) groups excluding carboxylic acids is 2. The van der Waals surface area contributed by atoms with Crippen LogP contribution >= 0.6 is 0 Å². The second-order valence-corrected chi connectivity index (χ2v) is 12.6. The van der Waals surface area contributed by atoms with E-state index in [9.17, 15) is 18.0 Å². The van der Waals surface area contributed by atoms with Gasteiger partial charge in [-0.15, -0.1) is 0 Å². The number of fused-ring (bicyclic) bond motifs is 1. The molecular formula is C32H39N3O5S. The molecule has 0 atom stereocenters. The highest BCUT2D eigenvalue weighted by molar-refractivity contribution is 7.91. The average Bonchev–Trinajstić information content (AvgIpc) is 2.95. The number of benzene rings is 3. The zero-order valence-electron chi connectivity index (χ0n) is 23.6. The summed E-state index contributed by atoms with van der Waals surface area (Å²) in [5.74, 6) is 0.307. The number of rotatable bonds is 8. The average molecular weight is 578 g/mol. The number of amides is 2. The van der Waals surface area contributed by atoms with Crippen LogP contribution in [0.3, 0.4) is 0 Å². The monoisotopic (exact) mass is 577 g/mol. The molecule has 2 amide bonds. The fraction of sp³-hybridized carbons (Fsp3) is 0.375. The lowest BCUT2D eigenvalue weighted by atomic mass is 10.1. The molecule has 0 unspecified atom stereocenters. The molecule has 41 heavy (non-hydrogen) atoms. The summed E-state index contributed by atoms with van der Waals surface area (Å²) in [5, 5.41) is 5.77. The van der Waals surface area contributed by atoms with Crippen LogP contribution < -0.4 is 15.4 Å². The van der Waals surface area contributed by atoms with Crippen molar-refractivity contribution in [3.63, 3.8) is 0 Å². The van der Waals surface area contributed by atoms with Crippen LogP contribution in [-0.2, 0) is 38.9 Å². The van der Waals surface area contributed by atoms with E-state index in [0.29, 0.717) is 26.2 Å². The molecule has 0 radical (unpaired) electrons. The number of ether oxygens (including phenoxy) is 1. The molecule has 1 heterocycles. The molecule has 0 fully saturated rings. The van der Waals surface area contributed by atoms with E-state index < -0.39 is 9.84 Å². The Kier molecular flexibility index (Phi) is 10.9. The van der Waals surface area contributed by atoms with Gasteiger partial charge in [0.15, 0.2) is 9.84 Å². The normalized spacial score (nSPS) is 15.3. The topological polar surface area (TPSA) is 105 Å². The van der Waals surface area contributed by atoms with Crippen LogP contribution in [0.2, 0.25) is 0 Å². The smallest absolute Gasteiger partial charge is 0.234 e. The van der Waals surface area contributed by atoms with Gasteiger partial charge < -0.3 is 15.4 Å². The summed E-state index contributed by atoms with van der Waals surface area (Å²) in [6.45, 7) is 4.47. The van der Waals surface area contributed by atoms with Gasteiger partial charge in [0.05, 0.1) is 30.2 Å². The first-order chi connectivity index (χ1) is 19.8. The molecule has 4 rings (SSSR count). The van der Waals surface area contributed by atoms with E-state index >= 15 is 0 Å². The summed E-state index contributed by atoms with van der Waals surface area (Å²) in [6, 6.07) is 22.4. The Labute approximate surface area is 243 Å². The van der Waals surface area contributed by atoms with Gasteiger partial charge in [0.2, 0.25) is 11.8 Å². The predicted octanol–water partition coefficient (Wildman–Crippen LogP) is 3.81. The van der Waals surface area contributed by atoms with Gasteiger partial charge in [-0.25, -0.2) is 8.42 Å². The van der Waals surface area contributed by atoms with Crippen LogP contribution in [0.15, 0.2) is 77.7 Å². The predicted molar refractivity (Wildman–Crippen MR) is 159 cm³/mol. The fourth-order valence-corrected chi connectivity index (χ4v) is 5.92. The van der Waals surface area contributed by atoms with Crippen LogP contribution in [0.25, 0.3) is 0 Å². The molecule has 0 spiro atoms. The van der Waals surface area contributed by atoms with E-state index in [-0.39, 0.29) is 42.0 Å². The number of nitrogens with zero attached hydrogens (tertiary/aromatic N) is 1. The van der Waals surface area contributed by atoms with E-state index in [1.807, 2.05) is 55.5 Å². The highest BCUT2D eigenvalue weighted by atomic mass is 32.2. The van der Waals surface area contributed by atoms with E-state index in [1.165, 1.54) is 0 Å². The highest BCUT2D eigenvalue weighted by Crippen LogP contribution is 2.24. The summed E-state index contributed by atoms with van der Waals surface area (Å²) >= 11 is 0. The number of sulfone groups is 1. The molecule has 0 aliphatic carbocycles. The van der Waals surface area contributed by atoms with Gasteiger partial charge >= 0.3 is 0 Å². The van der Waals surface area contributed by atoms with Gasteiger partial charge in [-0.05, 0) is 55.5 Å². The largest absolute Gasteiger partial charge is 0.493 e. The fourth-order valence-electron chi connectivity index (χ4n) is 4.77. The maximum absolute atomic E-state index is 12.7. The zero-order chi connectivity index (χ0) is 29.1. The molecule has 1 aliphatic heterocycles. The van der Waals surface area contributed by atoms with E-state index in [1.54, 1.807) is 24.3 Å². The summed E-state index contributed by atoms with van der Waals surface area (Å²) in [4.78, 5) is 27.8. The number of nitrogens with one attached hydrogen (secondary N) is 2. The minimum atomic E-state index is -3.49. The van der Waals surface area contributed by atoms with Crippen LogP contribution in [0.5, 0.6) is 5.75 Å². The lowest BCUT2D eigenvalue weighted by molar-refractivity contribution is -0.122. The van der Waals surface area contributed by atoms with Crippen molar-refractivity contribution in [1.29, 1.82) is 0 Å². The van der Waals surface area contributed by atoms with Crippen LogP contribution in [0.1, 0.15) is 41.5 Å². The van der Waals surface area contributed by atoms with Crippen molar-refractivity contribution in [1.82, 2.24) is 15.5 Å². The Morgan fingerprint density at radius 2 is 1.73 bits per heavy atom. The number of hydrogen-bond acceptors (Lipinski definition) is 6. The van der Waals surface area contributed by atoms with Gasteiger partial charge in [0, 0.05) is 31.7 Å². The number of hydrogen-bond donors (Lipinski definition) is 2. The van der Waals surface area contributed by atoms with Gasteiger partial charge in [0.25, 0.3) is 0 Å². The molecule has 8 nitrogen and oxygen atoms in total. The van der Waals surface area contributed by atoms with Gasteiger partial charge in [-0.3, -0.25) is 14.5 Å². The van der Waals surface area contributed by atoms with E-state index in [0.717, 1.165) is 47.3 Å². The van der Waals surface area contributed by atoms with Crippen molar-refractivity contribution in [2.45, 2.75) is 50.6 Å². The summed E-state index contributed by atoms with van der Waals surface area (Å²) < 4.78 is 31.4. The Morgan fingerprint density at radius 1 is 0.951 bits per heavy atom. The summed E-state index contributed by atoms with van der Waals surface area (Å²) in [6.07, 6.45) is 2.86. The molecule has 0 saturated heterocycles. The first-order valence-corrected chi connectivity index (χ1v) is 15.8. The maximum atomic E-state index is 12.7. The van der Waals surface area contributed by atoms with Gasteiger partial charge in [0.1, 0.15) is 5.75 Å². The SMILES string of the molecule is Cc1ccc(S(=O)(=O)CCNC(=O)Cc2ccc3c(c2)CN(Cc2ccccc2)CC(=O)NCCCCCO3)cc1. The quantitative estimate of drug-likeness (QED) is 0.422. The minimum absolute atomic E-state index is 0.0150. The first kappa shape index (κ1) is 30.3. The molecular weight excluding hydrogens is 538 g/mol. The molecule has 0 aromatic heterocycles. The molecule has 9 heteroatoms. The Balaban J connectivity index is 1.44. The molecule has 3 aromatic rings. The number of carbonyl (C=O) groups is 2. The first-order valence-electron chi connectivity index (χ1n) is 14.1. The third kappa shape index (κ3) is 9.72. The third-order valence-corrected chi connectivity index (χ3v) is 8.71. The Morgan fingerprint density at radius 3 is 2.51 bits per heavy atom. The summed E-state index contributed by atoms with van der Waals surface area (Å²) in [5.41, 5.74) is 3.78. The van der Waals surface area contributed by atoms with Crippen LogP contribution in [-0.4, -0.2) is 57.1 Å². The van der Waals surface area contributed by atoms with E-state index in [4.69, 9.17) is 4.74 Å². The third-order valence-electron chi connectivity index (χ3n) is 6.97. The molecule has 2 N–H and O–H groups in total. The second kappa shape index (κ2) is 14.8. The van der Waals surface area contributed by atoms with Crippen molar-refractivity contribution >= 4 is 21.7 Å². The van der Waals surface area contributed by atoms with Crippen molar-refractivity contribution in [2.24, 2.45) is 0 Å². The molecule has 3 aromatic carbocycles. The summed E-state index contributed by atoms with van der Waals surface area (Å²) in [7, 11) is -3.49. The van der Waals surface area contributed by atoms with Gasteiger partial charge in [-0.1, -0.05) is 60.2 Å². The van der Waals surface area contributed by atoms with Crippen molar-refractivity contribution < 1.29 is 22.7 Å². The van der Waals surface area contributed by atoms with Crippen molar-refractivity contribution in [2.75, 3.05) is 32.0 Å². The number of aryl methyl sites for hydroxylation is 1. The van der Waals surface area contributed by atoms with Crippen molar-refractivity contribution in [3.8, 4) is 5.75 Å². The maximum Gasteiger partial charge on any atom is 0.234 e. The van der Waals surface area contributed by atoms with Crippen LogP contribution in [0, 0.1) is 6.92 Å². The van der Waals surface area contributed by atoms with Crippen LogP contribution in [0.4, 0.5) is 0 Å². The molecule has 0 bridgehead atoms.